The van der Waals surface area contributed by atoms with Crippen LogP contribution in [0.5, 0.6) is 0 Å². The molecule has 0 aliphatic rings. The third kappa shape index (κ3) is 8.12. The van der Waals surface area contributed by atoms with Gasteiger partial charge in [0.05, 0.1) is 0 Å². The Morgan fingerprint density at radius 1 is 1.05 bits per heavy atom. The third-order valence-corrected chi connectivity index (χ3v) is 3.03. The summed E-state index contributed by atoms with van der Waals surface area (Å²) in [6.45, 7) is 9.06. The highest BCUT2D eigenvalue weighted by molar-refractivity contribution is 5.94. The summed E-state index contributed by atoms with van der Waals surface area (Å²) in [5, 5.41) is 5.68. The summed E-state index contributed by atoms with van der Waals surface area (Å²) in [5.74, 6) is 0.0599. The third-order valence-electron chi connectivity index (χ3n) is 3.03. The minimum absolute atomic E-state index is 0.0545. The van der Waals surface area contributed by atoms with Gasteiger partial charge in [0.2, 0.25) is 5.91 Å². The van der Waals surface area contributed by atoms with Gasteiger partial charge in [-0.15, -0.1) is 0 Å². The number of carbonyl (C=O) groups excluding carboxylic acids is 2. The van der Waals surface area contributed by atoms with E-state index in [-0.39, 0.29) is 17.7 Å². The van der Waals surface area contributed by atoms with E-state index in [1.54, 1.807) is 12.1 Å². The second-order valence-corrected chi connectivity index (χ2v) is 4.58. The summed E-state index contributed by atoms with van der Waals surface area (Å²) >= 11 is 0. The first-order chi connectivity index (χ1) is 10.1. The lowest BCUT2D eigenvalue weighted by Gasteiger charge is -2.10. The normalized spacial score (nSPS) is 10.9. The number of amides is 2. The first-order valence-electron chi connectivity index (χ1n) is 7.76. The van der Waals surface area contributed by atoms with E-state index < -0.39 is 0 Å². The van der Waals surface area contributed by atoms with Gasteiger partial charge in [0, 0.05) is 24.6 Å². The largest absolute Gasteiger partial charge is 0.356 e. The molecule has 2 N–H and O–H groups in total. The SMILES string of the molecule is CC.CCC(C)C(=O)NCCCNC(=O)c1ccccc1. The fraction of sp³-hybridized carbons (Fsp3) is 0.529. The minimum atomic E-state index is -0.0751. The second-order valence-electron chi connectivity index (χ2n) is 4.58. The fourth-order valence-corrected chi connectivity index (χ4v) is 1.55. The van der Waals surface area contributed by atoms with Gasteiger partial charge in [-0.25, -0.2) is 0 Å². The monoisotopic (exact) mass is 292 g/mol. The van der Waals surface area contributed by atoms with Crippen LogP contribution in [0.1, 0.15) is 50.9 Å². The molecule has 1 aromatic rings. The molecular weight excluding hydrogens is 264 g/mol. The van der Waals surface area contributed by atoms with Crippen molar-refractivity contribution >= 4 is 11.8 Å². The standard InChI is InChI=1S/C15H22N2O2.C2H6/c1-3-12(2)14(18)16-10-7-11-17-15(19)13-8-5-4-6-9-13;1-2/h4-6,8-9,12H,3,7,10-11H2,1-2H3,(H,16,18)(H,17,19);1-2H3. The minimum Gasteiger partial charge on any atom is -0.356 e. The summed E-state index contributed by atoms with van der Waals surface area (Å²) in [6, 6.07) is 9.10. The molecule has 1 aromatic carbocycles. The molecular formula is C17H28N2O2. The van der Waals surface area contributed by atoms with Gasteiger partial charge < -0.3 is 10.6 Å². The first-order valence-corrected chi connectivity index (χ1v) is 7.76. The quantitative estimate of drug-likeness (QED) is 0.759. The molecule has 0 aromatic heterocycles. The van der Waals surface area contributed by atoms with Crippen LogP contribution in [0.4, 0.5) is 0 Å². The van der Waals surface area contributed by atoms with Crippen molar-refractivity contribution < 1.29 is 9.59 Å². The summed E-state index contributed by atoms with van der Waals surface area (Å²) in [4.78, 5) is 23.2. The van der Waals surface area contributed by atoms with Gasteiger partial charge in [-0.2, -0.15) is 0 Å². The van der Waals surface area contributed by atoms with E-state index in [0.717, 1.165) is 12.8 Å². The maximum absolute atomic E-state index is 11.7. The van der Waals surface area contributed by atoms with Crippen molar-refractivity contribution in [3.8, 4) is 0 Å². The van der Waals surface area contributed by atoms with Gasteiger partial charge in [0.1, 0.15) is 0 Å². The number of hydrogen-bond acceptors (Lipinski definition) is 2. The van der Waals surface area contributed by atoms with E-state index >= 15 is 0 Å². The van der Waals surface area contributed by atoms with Crippen LogP contribution in [0, 0.1) is 5.92 Å². The van der Waals surface area contributed by atoms with E-state index in [9.17, 15) is 9.59 Å². The van der Waals surface area contributed by atoms with Crippen molar-refractivity contribution in [3.05, 3.63) is 35.9 Å². The zero-order chi connectivity index (χ0) is 16.1. The fourth-order valence-electron chi connectivity index (χ4n) is 1.55. The van der Waals surface area contributed by atoms with Crippen molar-refractivity contribution in [2.45, 2.75) is 40.5 Å². The second kappa shape index (κ2) is 11.9. The molecule has 4 nitrogen and oxygen atoms in total. The lowest BCUT2D eigenvalue weighted by Crippen LogP contribution is -2.32. The van der Waals surface area contributed by atoms with Crippen LogP contribution in [0.25, 0.3) is 0 Å². The predicted molar refractivity (Wildman–Crippen MR) is 87.2 cm³/mol. The number of benzene rings is 1. The molecule has 1 rings (SSSR count). The van der Waals surface area contributed by atoms with Crippen LogP contribution < -0.4 is 10.6 Å². The number of hydrogen-bond donors (Lipinski definition) is 2. The molecule has 1 atom stereocenters. The molecule has 0 saturated carbocycles. The Bertz CT molecular complexity index is 405. The predicted octanol–water partition coefficient (Wildman–Crippen LogP) is 3.00. The van der Waals surface area contributed by atoms with Gasteiger partial charge in [-0.1, -0.05) is 45.9 Å². The zero-order valence-electron chi connectivity index (χ0n) is 13.6. The summed E-state index contributed by atoms with van der Waals surface area (Å²) in [6.07, 6.45) is 1.58. The highest BCUT2D eigenvalue weighted by atomic mass is 16.2. The average molecular weight is 292 g/mol. The lowest BCUT2D eigenvalue weighted by atomic mass is 10.1. The van der Waals surface area contributed by atoms with Gasteiger partial charge in [0.15, 0.2) is 0 Å². The van der Waals surface area contributed by atoms with Gasteiger partial charge >= 0.3 is 0 Å². The van der Waals surface area contributed by atoms with Crippen LogP contribution in [-0.4, -0.2) is 24.9 Å². The molecule has 0 aliphatic heterocycles. The Kier molecular flexibility index (Phi) is 10.9. The molecule has 0 bridgehead atoms. The number of carbonyl (C=O) groups is 2. The summed E-state index contributed by atoms with van der Waals surface area (Å²) < 4.78 is 0. The Morgan fingerprint density at radius 3 is 2.19 bits per heavy atom. The van der Waals surface area contributed by atoms with Gasteiger partial charge in [-0.05, 0) is 25.0 Å². The molecule has 0 saturated heterocycles. The maximum atomic E-state index is 11.7. The molecule has 2 amide bonds. The van der Waals surface area contributed by atoms with E-state index in [1.807, 2.05) is 45.9 Å². The van der Waals surface area contributed by atoms with E-state index in [0.29, 0.717) is 18.7 Å². The molecule has 0 aliphatic carbocycles. The van der Waals surface area contributed by atoms with Crippen LogP contribution in [0.15, 0.2) is 30.3 Å². The molecule has 0 heterocycles. The van der Waals surface area contributed by atoms with Crippen LogP contribution in [-0.2, 0) is 4.79 Å². The van der Waals surface area contributed by atoms with Crippen LogP contribution in [0.2, 0.25) is 0 Å². The average Bonchev–Trinajstić information content (AvgIpc) is 2.56. The first kappa shape index (κ1) is 19.2. The maximum Gasteiger partial charge on any atom is 0.251 e. The molecule has 21 heavy (non-hydrogen) atoms. The Morgan fingerprint density at radius 2 is 1.62 bits per heavy atom. The number of rotatable bonds is 7. The van der Waals surface area contributed by atoms with Crippen LogP contribution in [0.3, 0.4) is 0 Å². The van der Waals surface area contributed by atoms with Crippen molar-refractivity contribution in [2.24, 2.45) is 5.92 Å². The Balaban J connectivity index is 0.00000191. The van der Waals surface area contributed by atoms with Crippen molar-refractivity contribution in [1.82, 2.24) is 10.6 Å². The molecule has 0 radical (unpaired) electrons. The molecule has 4 heteroatoms. The van der Waals surface area contributed by atoms with Gasteiger partial charge in [0.25, 0.3) is 5.91 Å². The lowest BCUT2D eigenvalue weighted by molar-refractivity contribution is -0.124. The molecule has 0 spiro atoms. The van der Waals surface area contributed by atoms with E-state index in [2.05, 4.69) is 10.6 Å². The van der Waals surface area contributed by atoms with E-state index in [4.69, 9.17) is 0 Å². The highest BCUT2D eigenvalue weighted by Gasteiger charge is 2.09. The molecule has 0 fully saturated rings. The zero-order valence-corrected chi connectivity index (χ0v) is 13.6. The summed E-state index contributed by atoms with van der Waals surface area (Å²) in [7, 11) is 0. The van der Waals surface area contributed by atoms with Gasteiger partial charge in [-0.3, -0.25) is 9.59 Å². The summed E-state index contributed by atoms with van der Waals surface area (Å²) in [5.41, 5.74) is 0.658. The van der Waals surface area contributed by atoms with Crippen molar-refractivity contribution in [3.63, 3.8) is 0 Å². The van der Waals surface area contributed by atoms with Crippen molar-refractivity contribution in [2.75, 3.05) is 13.1 Å². The Hall–Kier alpha value is -1.84. The molecule has 1 unspecified atom stereocenters. The molecule has 118 valence electrons. The van der Waals surface area contributed by atoms with Crippen LogP contribution >= 0.6 is 0 Å². The van der Waals surface area contributed by atoms with E-state index in [1.165, 1.54) is 0 Å². The van der Waals surface area contributed by atoms with Crippen molar-refractivity contribution in [1.29, 1.82) is 0 Å². The Labute approximate surface area is 128 Å². The smallest absolute Gasteiger partial charge is 0.251 e. The highest BCUT2D eigenvalue weighted by Crippen LogP contribution is 1.99. The topological polar surface area (TPSA) is 58.2 Å². The number of nitrogens with one attached hydrogen (secondary N) is 2.